The molecule has 1 aliphatic rings. The molecule has 0 bridgehead atoms. The zero-order valence-electron chi connectivity index (χ0n) is 8.14. The molecule has 1 saturated carbocycles. The van der Waals surface area contributed by atoms with Gasteiger partial charge in [-0.3, -0.25) is 0 Å². The molecule has 0 saturated heterocycles. The highest BCUT2D eigenvalue weighted by Gasteiger charge is 2.34. The largest absolute Gasteiger partial charge is 0.393 e. The van der Waals surface area contributed by atoms with E-state index in [9.17, 15) is 5.11 Å². The van der Waals surface area contributed by atoms with Crippen LogP contribution in [0.1, 0.15) is 31.5 Å². The second-order valence-electron chi connectivity index (χ2n) is 4.01. The minimum absolute atomic E-state index is 0.137. The van der Waals surface area contributed by atoms with Gasteiger partial charge in [0.05, 0.1) is 6.10 Å². The van der Waals surface area contributed by atoms with Crippen LogP contribution in [0, 0.1) is 5.92 Å². The molecule has 2 rings (SSSR count). The van der Waals surface area contributed by atoms with E-state index in [1.807, 2.05) is 19.4 Å². The molecule has 1 aromatic heterocycles. The fourth-order valence-electron chi connectivity index (χ4n) is 2.24. The van der Waals surface area contributed by atoms with Gasteiger partial charge in [0.25, 0.3) is 0 Å². The number of hydrogen-bond donors (Lipinski definition) is 1. The Hall–Kier alpha value is -0.830. The van der Waals surface area contributed by atoms with Crippen molar-refractivity contribution in [1.29, 1.82) is 0 Å². The van der Waals surface area contributed by atoms with Gasteiger partial charge in [-0.25, -0.2) is 4.98 Å². The lowest BCUT2D eigenvalue weighted by molar-refractivity contribution is 0.135. The van der Waals surface area contributed by atoms with Crippen LogP contribution in [0.2, 0.25) is 0 Å². The highest BCUT2D eigenvalue weighted by atomic mass is 16.3. The van der Waals surface area contributed by atoms with Crippen molar-refractivity contribution < 1.29 is 5.11 Å². The van der Waals surface area contributed by atoms with Crippen LogP contribution < -0.4 is 0 Å². The van der Waals surface area contributed by atoms with Gasteiger partial charge in [0.15, 0.2) is 0 Å². The molecular weight excluding hydrogens is 164 g/mol. The minimum atomic E-state index is -0.137. The molecule has 0 amide bonds. The zero-order chi connectivity index (χ0) is 9.42. The van der Waals surface area contributed by atoms with E-state index >= 15 is 0 Å². The van der Waals surface area contributed by atoms with Crippen LogP contribution in [-0.4, -0.2) is 20.8 Å². The Kier molecular flexibility index (Phi) is 2.12. The molecule has 0 aliphatic heterocycles. The first kappa shape index (κ1) is 8.75. The smallest absolute Gasteiger partial charge is 0.111 e. The van der Waals surface area contributed by atoms with E-state index in [0.29, 0.717) is 11.8 Å². The summed E-state index contributed by atoms with van der Waals surface area (Å²) in [5.41, 5.74) is 0. The van der Waals surface area contributed by atoms with Crippen molar-refractivity contribution in [2.24, 2.45) is 13.0 Å². The van der Waals surface area contributed by atoms with E-state index < -0.39 is 0 Å². The Bertz CT molecular complexity index is 295. The molecule has 0 spiro atoms. The third-order valence-electron chi connectivity index (χ3n) is 3.21. The Morgan fingerprint density at radius 3 is 2.77 bits per heavy atom. The van der Waals surface area contributed by atoms with Gasteiger partial charge in [-0.15, -0.1) is 0 Å². The molecule has 1 heterocycles. The number of aliphatic hydroxyl groups is 1. The molecule has 1 N–H and O–H groups in total. The third kappa shape index (κ3) is 1.37. The Labute approximate surface area is 78.4 Å². The van der Waals surface area contributed by atoms with Crippen LogP contribution in [0.15, 0.2) is 12.4 Å². The summed E-state index contributed by atoms with van der Waals surface area (Å²) in [6.45, 7) is 2.11. The van der Waals surface area contributed by atoms with E-state index in [0.717, 1.165) is 18.7 Å². The van der Waals surface area contributed by atoms with Crippen LogP contribution in [0.3, 0.4) is 0 Å². The molecule has 3 atom stereocenters. The molecule has 13 heavy (non-hydrogen) atoms. The van der Waals surface area contributed by atoms with E-state index in [1.54, 1.807) is 0 Å². The van der Waals surface area contributed by atoms with E-state index in [1.165, 1.54) is 0 Å². The summed E-state index contributed by atoms with van der Waals surface area (Å²) in [5.74, 6) is 1.90. The topological polar surface area (TPSA) is 38.1 Å². The standard InChI is InChI=1S/C10H16N2O/c1-7-8(3-4-9(7)13)10-11-5-6-12(10)2/h5-9,13H,3-4H2,1-2H3. The Morgan fingerprint density at radius 2 is 2.31 bits per heavy atom. The van der Waals surface area contributed by atoms with Crippen LogP contribution in [0.5, 0.6) is 0 Å². The summed E-state index contributed by atoms with van der Waals surface area (Å²) in [6, 6.07) is 0. The average molecular weight is 180 g/mol. The van der Waals surface area contributed by atoms with Crippen LogP contribution in [0.25, 0.3) is 0 Å². The maximum Gasteiger partial charge on any atom is 0.111 e. The van der Waals surface area contributed by atoms with Gasteiger partial charge in [-0.05, 0) is 18.8 Å². The van der Waals surface area contributed by atoms with Crippen molar-refractivity contribution in [3.8, 4) is 0 Å². The second-order valence-corrected chi connectivity index (χ2v) is 4.01. The number of hydrogen-bond acceptors (Lipinski definition) is 2. The van der Waals surface area contributed by atoms with E-state index in [-0.39, 0.29) is 6.10 Å². The molecule has 0 radical (unpaired) electrons. The summed E-state index contributed by atoms with van der Waals surface area (Å²) in [4.78, 5) is 4.33. The van der Waals surface area contributed by atoms with Gasteiger partial charge in [0, 0.05) is 25.4 Å². The van der Waals surface area contributed by atoms with Crippen LogP contribution in [-0.2, 0) is 7.05 Å². The molecule has 1 fully saturated rings. The molecule has 3 heteroatoms. The van der Waals surface area contributed by atoms with Crippen LogP contribution in [0.4, 0.5) is 0 Å². The number of aromatic nitrogens is 2. The van der Waals surface area contributed by atoms with Crippen molar-refractivity contribution in [2.45, 2.75) is 31.8 Å². The van der Waals surface area contributed by atoms with Gasteiger partial charge in [-0.1, -0.05) is 6.92 Å². The van der Waals surface area contributed by atoms with Crippen molar-refractivity contribution in [1.82, 2.24) is 9.55 Å². The number of imidazole rings is 1. The fraction of sp³-hybridized carbons (Fsp3) is 0.700. The van der Waals surface area contributed by atoms with Gasteiger partial charge < -0.3 is 9.67 Å². The molecule has 0 aromatic carbocycles. The van der Waals surface area contributed by atoms with Crippen molar-refractivity contribution in [3.05, 3.63) is 18.2 Å². The van der Waals surface area contributed by atoms with Gasteiger partial charge >= 0.3 is 0 Å². The highest BCUT2D eigenvalue weighted by Crippen LogP contribution is 2.38. The number of aryl methyl sites for hydroxylation is 1. The molecule has 3 unspecified atom stereocenters. The lowest BCUT2D eigenvalue weighted by Crippen LogP contribution is -2.16. The summed E-state index contributed by atoms with van der Waals surface area (Å²) in [6.07, 6.45) is 5.63. The summed E-state index contributed by atoms with van der Waals surface area (Å²) in [7, 11) is 2.01. The average Bonchev–Trinajstić information content (AvgIpc) is 2.62. The maximum atomic E-state index is 9.62. The predicted octanol–water partition coefficient (Wildman–Crippen LogP) is 1.29. The quantitative estimate of drug-likeness (QED) is 0.707. The Balaban J connectivity index is 2.23. The number of nitrogens with zero attached hydrogens (tertiary/aromatic N) is 2. The first-order valence-electron chi connectivity index (χ1n) is 4.85. The third-order valence-corrected chi connectivity index (χ3v) is 3.21. The van der Waals surface area contributed by atoms with Crippen LogP contribution >= 0.6 is 0 Å². The van der Waals surface area contributed by atoms with Crippen molar-refractivity contribution in [2.75, 3.05) is 0 Å². The monoisotopic (exact) mass is 180 g/mol. The summed E-state index contributed by atoms with van der Waals surface area (Å²) >= 11 is 0. The Morgan fingerprint density at radius 1 is 1.54 bits per heavy atom. The number of rotatable bonds is 1. The normalized spacial score (nSPS) is 33.9. The summed E-state index contributed by atoms with van der Waals surface area (Å²) in [5, 5.41) is 9.62. The van der Waals surface area contributed by atoms with Gasteiger partial charge in [0.2, 0.25) is 0 Å². The predicted molar refractivity (Wildman–Crippen MR) is 50.4 cm³/mol. The van der Waals surface area contributed by atoms with Crippen molar-refractivity contribution >= 4 is 0 Å². The van der Waals surface area contributed by atoms with Gasteiger partial charge in [-0.2, -0.15) is 0 Å². The zero-order valence-corrected chi connectivity index (χ0v) is 8.14. The second kappa shape index (κ2) is 3.14. The van der Waals surface area contributed by atoms with Gasteiger partial charge in [0.1, 0.15) is 5.82 Å². The van der Waals surface area contributed by atoms with Crippen molar-refractivity contribution in [3.63, 3.8) is 0 Å². The lowest BCUT2D eigenvalue weighted by atomic mass is 9.96. The molecule has 3 nitrogen and oxygen atoms in total. The first-order valence-corrected chi connectivity index (χ1v) is 4.85. The van der Waals surface area contributed by atoms with E-state index in [4.69, 9.17) is 0 Å². The SMILES string of the molecule is CC1C(O)CCC1c1nccn1C. The first-order chi connectivity index (χ1) is 6.20. The lowest BCUT2D eigenvalue weighted by Gasteiger charge is -2.16. The summed E-state index contributed by atoms with van der Waals surface area (Å²) < 4.78 is 2.05. The highest BCUT2D eigenvalue weighted by molar-refractivity contribution is 5.05. The molecular formula is C10H16N2O. The number of aliphatic hydroxyl groups excluding tert-OH is 1. The molecule has 1 aromatic rings. The fourth-order valence-corrected chi connectivity index (χ4v) is 2.24. The molecule has 1 aliphatic carbocycles. The molecule has 72 valence electrons. The maximum absolute atomic E-state index is 9.62. The van der Waals surface area contributed by atoms with E-state index in [2.05, 4.69) is 16.5 Å². The minimum Gasteiger partial charge on any atom is -0.393 e.